The average molecular weight is 327 g/mol. The molecule has 1 amide bonds. The number of halogens is 1. The van der Waals surface area contributed by atoms with Gasteiger partial charge in [-0.05, 0) is 25.2 Å². The van der Waals surface area contributed by atoms with Gasteiger partial charge in [0, 0.05) is 12.6 Å². The summed E-state index contributed by atoms with van der Waals surface area (Å²) in [6, 6.07) is 0.0645. The van der Waals surface area contributed by atoms with Gasteiger partial charge in [-0.1, -0.05) is 38.5 Å². The number of carbonyl (C=O) groups is 2. The largest absolute Gasteiger partial charge is 0.353 e. The summed E-state index contributed by atoms with van der Waals surface area (Å²) >= 11 is 5.70. The third-order valence-electron chi connectivity index (χ3n) is 6.00. The van der Waals surface area contributed by atoms with Gasteiger partial charge in [-0.25, -0.2) is 0 Å². The second-order valence-electron chi connectivity index (χ2n) is 7.28. The molecule has 2 aliphatic heterocycles. The van der Waals surface area contributed by atoms with Crippen LogP contribution in [0.3, 0.4) is 0 Å². The predicted molar refractivity (Wildman–Crippen MR) is 86.9 cm³/mol. The van der Waals surface area contributed by atoms with E-state index in [1.165, 1.54) is 38.5 Å². The van der Waals surface area contributed by atoms with Gasteiger partial charge in [0.15, 0.2) is 5.78 Å². The highest BCUT2D eigenvalue weighted by atomic mass is 35.5. The van der Waals surface area contributed by atoms with Crippen LogP contribution in [0.2, 0.25) is 0 Å². The molecular formula is C17H27ClN2O2. The monoisotopic (exact) mass is 326 g/mol. The maximum absolute atomic E-state index is 12.7. The lowest BCUT2D eigenvalue weighted by molar-refractivity contribution is -0.128. The number of rotatable bonds is 2. The van der Waals surface area contributed by atoms with E-state index >= 15 is 0 Å². The fourth-order valence-corrected chi connectivity index (χ4v) is 4.93. The first-order chi connectivity index (χ1) is 10.7. The van der Waals surface area contributed by atoms with Crippen LogP contribution in [0.25, 0.3) is 0 Å². The van der Waals surface area contributed by atoms with Crippen LogP contribution >= 0.6 is 11.6 Å². The van der Waals surface area contributed by atoms with E-state index in [0.717, 1.165) is 12.8 Å². The summed E-state index contributed by atoms with van der Waals surface area (Å²) in [4.78, 5) is 24.6. The lowest BCUT2D eigenvalue weighted by Crippen LogP contribution is -2.37. The van der Waals surface area contributed by atoms with Crippen LogP contribution in [-0.2, 0) is 9.59 Å². The molecule has 124 valence electrons. The third-order valence-corrected chi connectivity index (χ3v) is 6.26. The summed E-state index contributed by atoms with van der Waals surface area (Å²) in [7, 11) is 0. The molecule has 2 saturated heterocycles. The zero-order valence-electron chi connectivity index (χ0n) is 13.2. The van der Waals surface area contributed by atoms with Crippen LogP contribution in [0, 0.1) is 11.3 Å². The van der Waals surface area contributed by atoms with Gasteiger partial charge in [0.2, 0.25) is 5.91 Å². The Balaban J connectivity index is 1.77. The van der Waals surface area contributed by atoms with Gasteiger partial charge < -0.3 is 10.6 Å². The van der Waals surface area contributed by atoms with Crippen molar-refractivity contribution in [2.75, 3.05) is 12.4 Å². The van der Waals surface area contributed by atoms with Gasteiger partial charge in [0.1, 0.15) is 0 Å². The molecule has 0 aromatic rings. The maximum Gasteiger partial charge on any atom is 0.228 e. The van der Waals surface area contributed by atoms with Gasteiger partial charge >= 0.3 is 0 Å². The molecular weight excluding hydrogens is 300 g/mol. The molecule has 5 heteroatoms. The molecule has 4 atom stereocenters. The highest BCUT2D eigenvalue weighted by molar-refractivity contribution is 6.28. The second kappa shape index (κ2) is 6.88. The van der Waals surface area contributed by atoms with E-state index in [1.54, 1.807) is 0 Å². The first kappa shape index (κ1) is 16.3. The summed E-state index contributed by atoms with van der Waals surface area (Å²) in [5.41, 5.74) is -0.379. The van der Waals surface area contributed by atoms with E-state index in [-0.39, 0.29) is 29.0 Å². The van der Waals surface area contributed by atoms with Crippen molar-refractivity contribution in [3.05, 3.63) is 0 Å². The third kappa shape index (κ3) is 2.92. The minimum atomic E-state index is -0.379. The van der Waals surface area contributed by atoms with E-state index in [9.17, 15) is 9.59 Å². The highest BCUT2D eigenvalue weighted by Gasteiger charge is 2.58. The summed E-state index contributed by atoms with van der Waals surface area (Å²) in [6.45, 7) is 0.632. The summed E-state index contributed by atoms with van der Waals surface area (Å²) in [5.74, 6) is 0.594. The van der Waals surface area contributed by atoms with Gasteiger partial charge in [0.25, 0.3) is 0 Å². The normalized spacial score (nSPS) is 39.5. The Morgan fingerprint density at radius 2 is 1.82 bits per heavy atom. The van der Waals surface area contributed by atoms with E-state index in [4.69, 9.17) is 11.6 Å². The smallest absolute Gasteiger partial charge is 0.228 e. The Bertz CT molecular complexity index is 442. The Hall–Kier alpha value is -0.610. The van der Waals surface area contributed by atoms with Crippen molar-refractivity contribution in [2.45, 2.75) is 69.9 Å². The van der Waals surface area contributed by atoms with Crippen molar-refractivity contribution in [1.29, 1.82) is 0 Å². The van der Waals surface area contributed by atoms with Crippen molar-refractivity contribution < 1.29 is 9.59 Å². The molecule has 0 aromatic heterocycles. The SMILES string of the molecule is O=C(CCl)C1CC2(CN1)C(=O)NC1CCCCCCCCC12. The van der Waals surface area contributed by atoms with Crippen LogP contribution in [-0.4, -0.2) is 36.2 Å². The first-order valence-corrected chi connectivity index (χ1v) is 9.34. The van der Waals surface area contributed by atoms with Crippen molar-refractivity contribution in [1.82, 2.24) is 10.6 Å². The average Bonchev–Trinajstić information content (AvgIpc) is 3.08. The van der Waals surface area contributed by atoms with Crippen LogP contribution in [0.4, 0.5) is 0 Å². The number of fused-ring (bicyclic) bond motifs is 2. The van der Waals surface area contributed by atoms with E-state index in [2.05, 4.69) is 10.6 Å². The van der Waals surface area contributed by atoms with E-state index in [1.807, 2.05) is 0 Å². The lowest BCUT2D eigenvalue weighted by Gasteiger charge is -2.31. The number of Topliss-reactive ketones (excluding diaryl/α,β-unsaturated/α-hetero) is 1. The van der Waals surface area contributed by atoms with Crippen molar-refractivity contribution >= 4 is 23.3 Å². The van der Waals surface area contributed by atoms with Crippen molar-refractivity contribution in [3.63, 3.8) is 0 Å². The number of amides is 1. The van der Waals surface area contributed by atoms with E-state index in [0.29, 0.717) is 24.9 Å². The molecule has 2 N–H and O–H groups in total. The zero-order valence-corrected chi connectivity index (χ0v) is 14.0. The molecule has 3 fully saturated rings. The Morgan fingerprint density at radius 3 is 2.55 bits per heavy atom. The highest BCUT2D eigenvalue weighted by Crippen LogP contribution is 2.47. The molecule has 1 spiro atoms. The molecule has 22 heavy (non-hydrogen) atoms. The number of carbonyl (C=O) groups excluding carboxylic acids is 2. The molecule has 3 aliphatic rings. The maximum atomic E-state index is 12.7. The topological polar surface area (TPSA) is 58.2 Å². The molecule has 3 rings (SSSR count). The van der Waals surface area contributed by atoms with Crippen LogP contribution < -0.4 is 10.6 Å². The molecule has 1 aliphatic carbocycles. The second-order valence-corrected chi connectivity index (χ2v) is 7.55. The first-order valence-electron chi connectivity index (χ1n) is 8.80. The number of hydrogen-bond donors (Lipinski definition) is 2. The predicted octanol–water partition coefficient (Wildman–Crippen LogP) is 2.39. The van der Waals surface area contributed by atoms with Gasteiger partial charge in [-0.15, -0.1) is 11.6 Å². The van der Waals surface area contributed by atoms with Gasteiger partial charge in [0.05, 0.1) is 17.3 Å². The molecule has 0 bridgehead atoms. The van der Waals surface area contributed by atoms with Crippen molar-refractivity contribution in [3.8, 4) is 0 Å². The van der Waals surface area contributed by atoms with Gasteiger partial charge in [-0.2, -0.15) is 0 Å². The van der Waals surface area contributed by atoms with Crippen LogP contribution in [0.5, 0.6) is 0 Å². The van der Waals surface area contributed by atoms with E-state index < -0.39 is 0 Å². The van der Waals surface area contributed by atoms with Gasteiger partial charge in [-0.3, -0.25) is 9.59 Å². The van der Waals surface area contributed by atoms with Crippen molar-refractivity contribution in [2.24, 2.45) is 11.3 Å². The number of nitrogens with one attached hydrogen (secondary N) is 2. The molecule has 0 aromatic carbocycles. The molecule has 2 heterocycles. The molecule has 4 nitrogen and oxygen atoms in total. The lowest BCUT2D eigenvalue weighted by atomic mass is 9.70. The Morgan fingerprint density at radius 1 is 1.14 bits per heavy atom. The molecule has 4 unspecified atom stereocenters. The Labute approximate surface area is 137 Å². The zero-order chi connectivity index (χ0) is 15.6. The summed E-state index contributed by atoms with van der Waals surface area (Å²) < 4.78 is 0. The van der Waals surface area contributed by atoms with Crippen LogP contribution in [0.1, 0.15) is 57.8 Å². The number of ketones is 1. The number of alkyl halides is 1. The Kier molecular flexibility index (Phi) is 5.08. The minimum absolute atomic E-state index is 0.0228. The summed E-state index contributed by atoms with van der Waals surface area (Å²) in [6.07, 6.45) is 10.4. The molecule has 0 radical (unpaired) electrons. The quantitative estimate of drug-likeness (QED) is 0.766. The molecule has 1 saturated carbocycles. The minimum Gasteiger partial charge on any atom is -0.353 e. The number of hydrogen-bond acceptors (Lipinski definition) is 3. The fraction of sp³-hybridized carbons (Fsp3) is 0.882. The standard InChI is InChI=1S/C17H27ClN2O2/c18-10-15(21)14-9-17(11-19-14)12-7-5-3-1-2-4-6-8-13(12)20-16(17)22/h12-14,19H,1-11H2,(H,20,22). The van der Waals surface area contributed by atoms with Crippen LogP contribution in [0.15, 0.2) is 0 Å². The summed E-state index contributed by atoms with van der Waals surface area (Å²) in [5, 5.41) is 6.53. The fourth-order valence-electron chi connectivity index (χ4n) is 4.74.